The van der Waals surface area contributed by atoms with Gasteiger partial charge in [-0.1, -0.05) is 24.3 Å². The third-order valence-electron chi connectivity index (χ3n) is 5.46. The molecule has 1 aliphatic rings. The normalized spacial score (nSPS) is 16.4. The standard InChI is InChI=1S/C23H25NO7S/c1-29-14-19(21(25)31-3)17-6-4-5-7-18(17)20(32(27)28)23(12-13-23)22(26)24-15-8-10-16(30-2)11-9-15/h4-11,14,20H,12-13H2,1-3H3,(H,24,26)(H,27,28)/p-1. The number of benzene rings is 2. The molecule has 170 valence electrons. The number of anilines is 1. The second kappa shape index (κ2) is 9.97. The largest absolute Gasteiger partial charge is 0.772 e. The Hall–Kier alpha value is -3.17. The van der Waals surface area contributed by atoms with Crippen LogP contribution >= 0.6 is 0 Å². The number of carbonyl (C=O) groups excluding carboxylic acids is 2. The summed E-state index contributed by atoms with van der Waals surface area (Å²) in [4.78, 5) is 25.5. The minimum Gasteiger partial charge on any atom is -0.772 e. The van der Waals surface area contributed by atoms with Crippen LogP contribution in [-0.2, 0) is 30.1 Å². The van der Waals surface area contributed by atoms with Gasteiger partial charge in [0.2, 0.25) is 5.91 Å². The van der Waals surface area contributed by atoms with E-state index in [0.29, 0.717) is 35.4 Å². The van der Waals surface area contributed by atoms with Gasteiger partial charge in [0, 0.05) is 5.69 Å². The third kappa shape index (κ3) is 4.68. The summed E-state index contributed by atoms with van der Waals surface area (Å²) in [5.74, 6) is -0.443. The van der Waals surface area contributed by atoms with E-state index in [2.05, 4.69) is 5.32 Å². The Morgan fingerprint density at radius 2 is 1.75 bits per heavy atom. The van der Waals surface area contributed by atoms with Crippen LogP contribution in [0.2, 0.25) is 0 Å². The molecule has 1 amide bonds. The lowest BCUT2D eigenvalue weighted by atomic mass is 9.89. The molecule has 0 aliphatic heterocycles. The van der Waals surface area contributed by atoms with Crippen molar-refractivity contribution >= 4 is 34.2 Å². The van der Waals surface area contributed by atoms with Gasteiger partial charge in [-0.25, -0.2) is 4.79 Å². The molecular formula is C23H24NO7S-. The Balaban J connectivity index is 2.00. The average molecular weight is 459 g/mol. The highest BCUT2D eigenvalue weighted by Crippen LogP contribution is 2.58. The minimum absolute atomic E-state index is 0.0624. The van der Waals surface area contributed by atoms with Crippen molar-refractivity contribution < 1.29 is 32.6 Å². The van der Waals surface area contributed by atoms with Crippen LogP contribution in [0.3, 0.4) is 0 Å². The van der Waals surface area contributed by atoms with Crippen molar-refractivity contribution in [3.8, 4) is 5.75 Å². The van der Waals surface area contributed by atoms with Crippen molar-refractivity contribution in [3.63, 3.8) is 0 Å². The third-order valence-corrected chi connectivity index (χ3v) is 6.55. The fourth-order valence-corrected chi connectivity index (χ4v) is 4.80. The molecule has 0 aromatic heterocycles. The summed E-state index contributed by atoms with van der Waals surface area (Å²) in [5, 5.41) is 1.65. The number of nitrogens with one attached hydrogen (secondary N) is 1. The molecule has 2 atom stereocenters. The monoisotopic (exact) mass is 458 g/mol. The number of hydrogen-bond acceptors (Lipinski definition) is 7. The van der Waals surface area contributed by atoms with Crippen molar-refractivity contribution in [2.24, 2.45) is 5.41 Å². The Morgan fingerprint density at radius 1 is 1.09 bits per heavy atom. The molecule has 0 heterocycles. The fourth-order valence-electron chi connectivity index (χ4n) is 3.68. The van der Waals surface area contributed by atoms with E-state index in [4.69, 9.17) is 14.2 Å². The summed E-state index contributed by atoms with van der Waals surface area (Å²) < 4.78 is 39.8. The van der Waals surface area contributed by atoms with Crippen LogP contribution in [0.25, 0.3) is 5.57 Å². The molecule has 1 saturated carbocycles. The molecule has 3 rings (SSSR count). The van der Waals surface area contributed by atoms with Gasteiger partial charge in [-0.2, -0.15) is 0 Å². The van der Waals surface area contributed by atoms with E-state index in [-0.39, 0.29) is 5.57 Å². The van der Waals surface area contributed by atoms with E-state index in [1.54, 1.807) is 55.6 Å². The first-order valence-electron chi connectivity index (χ1n) is 9.82. The van der Waals surface area contributed by atoms with Crippen molar-refractivity contribution in [2.75, 3.05) is 26.6 Å². The minimum atomic E-state index is -2.64. The molecule has 1 fully saturated rings. The summed E-state index contributed by atoms with van der Waals surface area (Å²) >= 11 is -2.64. The number of ether oxygens (including phenoxy) is 3. The van der Waals surface area contributed by atoms with Crippen LogP contribution in [0.15, 0.2) is 54.8 Å². The number of hydrogen-bond donors (Lipinski definition) is 1. The van der Waals surface area contributed by atoms with E-state index in [0.717, 1.165) is 0 Å². The van der Waals surface area contributed by atoms with Gasteiger partial charge in [-0.05, 0) is 59.3 Å². The zero-order chi connectivity index (χ0) is 23.3. The number of esters is 1. The molecule has 0 saturated heterocycles. The summed E-state index contributed by atoms with van der Waals surface area (Å²) in [5.41, 5.74) is 0.0975. The predicted molar refractivity (Wildman–Crippen MR) is 118 cm³/mol. The highest BCUT2D eigenvalue weighted by Gasteiger charge is 2.57. The van der Waals surface area contributed by atoms with Gasteiger partial charge in [0.25, 0.3) is 0 Å². The van der Waals surface area contributed by atoms with Crippen LogP contribution in [0, 0.1) is 5.41 Å². The lowest BCUT2D eigenvalue weighted by molar-refractivity contribution is -0.133. The lowest BCUT2D eigenvalue weighted by Crippen LogP contribution is -2.33. The summed E-state index contributed by atoms with van der Waals surface area (Å²) in [7, 11) is 4.14. The van der Waals surface area contributed by atoms with E-state index in [1.165, 1.54) is 20.5 Å². The lowest BCUT2D eigenvalue weighted by Gasteiger charge is -2.30. The summed E-state index contributed by atoms with van der Waals surface area (Å²) in [6.45, 7) is 0. The molecule has 2 aromatic carbocycles. The quantitative estimate of drug-likeness (QED) is 0.266. The zero-order valence-electron chi connectivity index (χ0n) is 18.0. The zero-order valence-corrected chi connectivity index (χ0v) is 18.8. The van der Waals surface area contributed by atoms with Crippen LogP contribution in [0.4, 0.5) is 5.69 Å². The molecular weight excluding hydrogens is 434 g/mol. The predicted octanol–water partition coefficient (Wildman–Crippen LogP) is 3.19. The van der Waals surface area contributed by atoms with Gasteiger partial charge in [0.05, 0.1) is 38.3 Å². The van der Waals surface area contributed by atoms with Gasteiger partial charge in [0.15, 0.2) is 0 Å². The Labute approximate surface area is 188 Å². The first-order chi connectivity index (χ1) is 15.4. The highest BCUT2D eigenvalue weighted by molar-refractivity contribution is 7.79. The molecule has 9 heteroatoms. The molecule has 0 spiro atoms. The Morgan fingerprint density at radius 3 is 2.28 bits per heavy atom. The van der Waals surface area contributed by atoms with Gasteiger partial charge < -0.3 is 24.1 Å². The first kappa shape index (κ1) is 23.5. The Bertz CT molecular complexity index is 1040. The smallest absolute Gasteiger partial charge is 0.341 e. The summed E-state index contributed by atoms with van der Waals surface area (Å²) in [6.07, 6.45) is 1.99. The average Bonchev–Trinajstić information content (AvgIpc) is 3.59. The van der Waals surface area contributed by atoms with Crippen LogP contribution < -0.4 is 10.1 Å². The van der Waals surface area contributed by atoms with Gasteiger partial charge in [0.1, 0.15) is 11.3 Å². The van der Waals surface area contributed by atoms with E-state index in [1.807, 2.05) is 0 Å². The molecule has 1 aliphatic carbocycles. The van der Waals surface area contributed by atoms with E-state index < -0.39 is 33.6 Å². The fraction of sp³-hybridized carbons (Fsp3) is 0.304. The topological polar surface area (TPSA) is 114 Å². The second-order valence-electron chi connectivity index (χ2n) is 7.33. The van der Waals surface area contributed by atoms with Crippen molar-refractivity contribution in [3.05, 3.63) is 65.9 Å². The van der Waals surface area contributed by atoms with Crippen molar-refractivity contribution in [1.29, 1.82) is 0 Å². The van der Waals surface area contributed by atoms with Gasteiger partial charge in [-0.3, -0.25) is 9.00 Å². The van der Waals surface area contributed by atoms with Crippen LogP contribution in [0.5, 0.6) is 5.75 Å². The van der Waals surface area contributed by atoms with Gasteiger partial charge >= 0.3 is 5.97 Å². The van der Waals surface area contributed by atoms with E-state index >= 15 is 0 Å². The van der Waals surface area contributed by atoms with Crippen molar-refractivity contribution in [1.82, 2.24) is 0 Å². The molecule has 0 radical (unpaired) electrons. The van der Waals surface area contributed by atoms with E-state index in [9.17, 15) is 18.4 Å². The maximum Gasteiger partial charge on any atom is 0.341 e. The molecule has 1 N–H and O–H groups in total. The molecule has 2 unspecified atom stereocenters. The summed E-state index contributed by atoms with van der Waals surface area (Å²) in [6, 6.07) is 13.3. The van der Waals surface area contributed by atoms with Crippen molar-refractivity contribution in [2.45, 2.75) is 18.1 Å². The number of carbonyl (C=O) groups is 2. The van der Waals surface area contributed by atoms with Crippen LogP contribution in [0.1, 0.15) is 29.2 Å². The SMILES string of the molecule is COC=C(C(=O)OC)c1ccccc1C(S(=O)[O-])C1(C(=O)Nc2ccc(OC)cc2)CC1. The van der Waals surface area contributed by atoms with Gasteiger partial charge in [-0.15, -0.1) is 0 Å². The number of methoxy groups -OCH3 is 3. The maximum absolute atomic E-state index is 13.2. The number of rotatable bonds is 9. The number of amides is 1. The molecule has 32 heavy (non-hydrogen) atoms. The first-order valence-corrected chi connectivity index (χ1v) is 11.0. The molecule has 2 aromatic rings. The Kier molecular flexibility index (Phi) is 7.32. The molecule has 0 bridgehead atoms. The maximum atomic E-state index is 13.2. The van der Waals surface area contributed by atoms with Crippen LogP contribution in [-0.4, -0.2) is 42.0 Å². The molecule has 8 nitrogen and oxygen atoms in total. The second-order valence-corrected chi connectivity index (χ2v) is 8.32. The highest BCUT2D eigenvalue weighted by atomic mass is 32.2.